The van der Waals surface area contributed by atoms with Crippen LogP contribution in [0.1, 0.15) is 94.9 Å². The fraction of sp³-hybridized carbons (Fsp3) is 0.895. The van der Waals surface area contributed by atoms with Crippen LogP contribution >= 0.6 is 0 Å². The summed E-state index contributed by atoms with van der Waals surface area (Å²) in [6, 6.07) is -0.260. The molecule has 16 atom stereocenters. The van der Waals surface area contributed by atoms with Crippen LogP contribution in [-0.2, 0) is 42.7 Å². The summed E-state index contributed by atoms with van der Waals surface area (Å²) in [5, 5.41) is 34.0. The summed E-state index contributed by atoms with van der Waals surface area (Å²) in [5.74, 6) is -3.03. The summed E-state index contributed by atoms with van der Waals surface area (Å²) in [7, 11) is 6.84. The molecule has 0 aromatic carbocycles. The molecule has 3 N–H and O–H groups in total. The van der Waals surface area contributed by atoms with Gasteiger partial charge in [-0.05, 0) is 93.5 Å². The van der Waals surface area contributed by atoms with Crippen LogP contribution in [0.5, 0.6) is 0 Å². The lowest BCUT2D eigenvalue weighted by Crippen LogP contribution is -2.61. The number of allylic oxidation sites excluding steroid dienone is 1. The number of rotatable bonds is 8. The second-order valence-electron chi connectivity index (χ2n) is 16.2. The number of ether oxygens (including phenoxy) is 7. The molecular weight excluding hydrogens is 662 g/mol. The minimum atomic E-state index is -1.64. The summed E-state index contributed by atoms with van der Waals surface area (Å²) in [5.41, 5.74) is -3.50. The molecule has 13 nitrogen and oxygen atoms in total. The third-order valence-corrected chi connectivity index (χ3v) is 11.6. The molecule has 296 valence electrons. The molecule has 3 aliphatic rings. The Balaban J connectivity index is 2.22. The zero-order valence-corrected chi connectivity index (χ0v) is 33.4. The third-order valence-electron chi connectivity index (χ3n) is 11.6. The summed E-state index contributed by atoms with van der Waals surface area (Å²) in [6.45, 7) is 17.6. The molecule has 2 fully saturated rings. The van der Waals surface area contributed by atoms with Crippen LogP contribution < -0.4 is 0 Å². The molecule has 2 saturated heterocycles. The first-order valence-electron chi connectivity index (χ1n) is 18.5. The molecule has 0 spiro atoms. The monoisotopic (exact) mass is 729 g/mol. The molecular formula is C38H67NO12. The van der Waals surface area contributed by atoms with Crippen LogP contribution in [0.2, 0.25) is 0 Å². The van der Waals surface area contributed by atoms with E-state index in [0.717, 1.165) is 0 Å². The van der Waals surface area contributed by atoms with Crippen molar-refractivity contribution in [1.82, 2.24) is 4.90 Å². The third kappa shape index (κ3) is 9.78. The Hall–Kier alpha value is -1.52. The summed E-state index contributed by atoms with van der Waals surface area (Å²) in [6.07, 6.45) is -4.99. The molecule has 0 aromatic heterocycles. The molecule has 0 radical (unpaired) electrons. The van der Waals surface area contributed by atoms with Gasteiger partial charge in [0.25, 0.3) is 0 Å². The van der Waals surface area contributed by atoms with Gasteiger partial charge in [0.1, 0.15) is 23.9 Å². The quantitative estimate of drug-likeness (QED) is 0.312. The summed E-state index contributed by atoms with van der Waals surface area (Å²) in [4.78, 5) is 29.9. The normalized spacial score (nSPS) is 47.7. The molecule has 3 heterocycles. The lowest BCUT2D eigenvalue weighted by molar-refractivity contribution is -0.319. The van der Waals surface area contributed by atoms with Crippen LogP contribution in [0.25, 0.3) is 0 Å². The fourth-order valence-corrected chi connectivity index (χ4v) is 8.27. The minimum Gasteiger partial charge on any atom is -0.459 e. The van der Waals surface area contributed by atoms with Gasteiger partial charge in [0, 0.05) is 38.5 Å². The predicted octanol–water partition coefficient (Wildman–Crippen LogP) is 3.39. The van der Waals surface area contributed by atoms with Crippen LogP contribution in [0, 0.1) is 17.8 Å². The van der Waals surface area contributed by atoms with E-state index in [2.05, 4.69) is 0 Å². The molecule has 2 unspecified atom stereocenters. The molecule has 13 heteroatoms. The number of likely N-dealkylation sites (N-methyl/N-ethyl adjacent to an activating group) is 1. The SMILES string of the molecule is CCC1OC(=O)[C@H](C)C(O[C@H]2C[C@@](C)(OC)[C@@H](O)[C@H](C)O2)[C@H](C)[C@@H](O[C@@H]2O[C@H](C)C[C@H](N(C)C)[C@H]2O)[C@](C)(OC)C[C@@H](C)C(=O)/C(C)=C/[C@]1(C)O. The van der Waals surface area contributed by atoms with Crippen molar-refractivity contribution in [3.63, 3.8) is 0 Å². The number of hydrogen-bond donors (Lipinski definition) is 3. The Morgan fingerprint density at radius 3 is 2.10 bits per heavy atom. The molecule has 3 rings (SSSR count). The molecule has 0 aliphatic carbocycles. The van der Waals surface area contributed by atoms with Gasteiger partial charge in [-0.15, -0.1) is 0 Å². The van der Waals surface area contributed by atoms with Gasteiger partial charge in [0.05, 0.1) is 41.5 Å². The van der Waals surface area contributed by atoms with Crippen molar-refractivity contribution in [2.45, 2.75) is 173 Å². The Bertz CT molecular complexity index is 1210. The number of ketones is 1. The van der Waals surface area contributed by atoms with Crippen molar-refractivity contribution < 1.29 is 58.1 Å². The molecule has 3 aliphatic heterocycles. The van der Waals surface area contributed by atoms with E-state index in [1.54, 1.807) is 41.5 Å². The van der Waals surface area contributed by atoms with Crippen LogP contribution in [0.15, 0.2) is 11.6 Å². The standard InChI is InChI=1S/C38H67NO12/c1-15-27-36(8,44)17-20(2)29(40)21(3)18-38(10,46-14)33(51-35-30(41)26(39(11)12)16-22(4)47-35)23(5)31(24(6)34(43)49-27)50-28-19-37(9,45-13)32(42)25(7)48-28/h17,21-28,30-33,35,41-42,44H,15-16,18-19H2,1-14H3/b20-17+/t21-,22-,23+,24-,25+,26+,27?,28+,30-,31?,32+,33-,35+,36+,37-,38-/m1/s1. The van der Waals surface area contributed by atoms with Gasteiger partial charge in [-0.3, -0.25) is 9.59 Å². The number of nitrogens with zero attached hydrogens (tertiary/aromatic N) is 1. The Labute approximate surface area is 305 Å². The number of aliphatic hydroxyl groups excluding tert-OH is 2. The maximum Gasteiger partial charge on any atom is 0.311 e. The highest BCUT2D eigenvalue weighted by atomic mass is 16.7. The Kier molecular flexibility index (Phi) is 14.9. The van der Waals surface area contributed by atoms with Gasteiger partial charge in [-0.2, -0.15) is 0 Å². The van der Waals surface area contributed by atoms with E-state index in [4.69, 9.17) is 33.2 Å². The van der Waals surface area contributed by atoms with E-state index in [-0.39, 0.29) is 37.2 Å². The van der Waals surface area contributed by atoms with E-state index in [1.165, 1.54) is 27.2 Å². The summed E-state index contributed by atoms with van der Waals surface area (Å²) < 4.78 is 44.0. The predicted molar refractivity (Wildman–Crippen MR) is 190 cm³/mol. The van der Waals surface area contributed by atoms with Crippen molar-refractivity contribution in [2.24, 2.45) is 17.8 Å². The Morgan fingerprint density at radius 2 is 1.55 bits per heavy atom. The number of cyclic esters (lactones) is 1. The first kappa shape index (κ1) is 43.9. The molecule has 0 bridgehead atoms. The largest absolute Gasteiger partial charge is 0.459 e. The molecule has 51 heavy (non-hydrogen) atoms. The van der Waals surface area contributed by atoms with Gasteiger partial charge in [-0.1, -0.05) is 20.8 Å². The zero-order valence-electron chi connectivity index (χ0n) is 33.4. The van der Waals surface area contributed by atoms with E-state index < -0.39 is 89.7 Å². The number of aliphatic hydroxyl groups is 3. The topological polar surface area (TPSA) is 163 Å². The number of carbonyl (C=O) groups excluding carboxylic acids is 2. The number of carbonyl (C=O) groups is 2. The molecule has 0 aromatic rings. The lowest BCUT2D eigenvalue weighted by atomic mass is 9.76. The van der Waals surface area contributed by atoms with Gasteiger partial charge >= 0.3 is 5.97 Å². The van der Waals surface area contributed by atoms with E-state index >= 15 is 0 Å². The van der Waals surface area contributed by atoms with Crippen molar-refractivity contribution >= 4 is 11.8 Å². The van der Waals surface area contributed by atoms with Crippen molar-refractivity contribution in [2.75, 3.05) is 28.3 Å². The highest BCUT2D eigenvalue weighted by molar-refractivity contribution is 5.96. The average molecular weight is 730 g/mol. The van der Waals surface area contributed by atoms with Crippen LogP contribution in [0.3, 0.4) is 0 Å². The number of hydrogen-bond acceptors (Lipinski definition) is 13. The van der Waals surface area contributed by atoms with Crippen LogP contribution in [0.4, 0.5) is 0 Å². The van der Waals surface area contributed by atoms with Crippen molar-refractivity contribution in [1.29, 1.82) is 0 Å². The fourth-order valence-electron chi connectivity index (χ4n) is 8.27. The average Bonchev–Trinajstić information content (AvgIpc) is 3.06. The molecule has 0 amide bonds. The Morgan fingerprint density at radius 1 is 0.941 bits per heavy atom. The van der Waals surface area contributed by atoms with Gasteiger partial charge in [0.15, 0.2) is 18.4 Å². The van der Waals surface area contributed by atoms with Gasteiger partial charge in [0.2, 0.25) is 0 Å². The maximum absolute atomic E-state index is 14.1. The first-order valence-corrected chi connectivity index (χ1v) is 18.5. The number of Topliss-reactive ketones (excluding diaryl/α,β-unsaturated/α-hetero) is 1. The second kappa shape index (κ2) is 17.3. The lowest BCUT2D eigenvalue weighted by Gasteiger charge is -2.49. The van der Waals surface area contributed by atoms with Crippen molar-refractivity contribution in [3.8, 4) is 0 Å². The zero-order chi connectivity index (χ0) is 38.8. The highest BCUT2D eigenvalue weighted by Gasteiger charge is 2.52. The smallest absolute Gasteiger partial charge is 0.311 e. The van der Waals surface area contributed by atoms with Gasteiger partial charge < -0.3 is 53.4 Å². The molecule has 0 saturated carbocycles. The van der Waals surface area contributed by atoms with E-state index in [9.17, 15) is 24.9 Å². The van der Waals surface area contributed by atoms with E-state index in [0.29, 0.717) is 12.0 Å². The maximum atomic E-state index is 14.1. The summed E-state index contributed by atoms with van der Waals surface area (Å²) >= 11 is 0. The van der Waals surface area contributed by atoms with E-state index in [1.807, 2.05) is 39.8 Å². The number of methoxy groups -OCH3 is 2. The first-order chi connectivity index (χ1) is 23.5. The highest BCUT2D eigenvalue weighted by Crippen LogP contribution is 2.41. The van der Waals surface area contributed by atoms with Gasteiger partial charge in [-0.25, -0.2) is 0 Å². The minimum absolute atomic E-state index is 0.154. The van der Waals surface area contributed by atoms with Crippen molar-refractivity contribution in [3.05, 3.63) is 11.6 Å². The van der Waals surface area contributed by atoms with Crippen LogP contribution in [-0.4, -0.2) is 138 Å². The second-order valence-corrected chi connectivity index (χ2v) is 16.2. The number of esters is 1.